The van der Waals surface area contributed by atoms with Gasteiger partial charge in [0.2, 0.25) is 0 Å². The summed E-state index contributed by atoms with van der Waals surface area (Å²) < 4.78 is 11.6. The number of ether oxygens (including phenoxy) is 2. The molecule has 1 heterocycles. The summed E-state index contributed by atoms with van der Waals surface area (Å²) in [5.41, 5.74) is 1.39. The summed E-state index contributed by atoms with van der Waals surface area (Å²) in [6.07, 6.45) is 12.1. The van der Waals surface area contributed by atoms with Gasteiger partial charge in [-0.3, -0.25) is 9.79 Å². The molecule has 1 fully saturated rings. The molecule has 3 aliphatic carbocycles. The van der Waals surface area contributed by atoms with E-state index in [1.54, 1.807) is 20.3 Å². The Kier molecular flexibility index (Phi) is 5.80. The van der Waals surface area contributed by atoms with E-state index in [0.717, 1.165) is 19.4 Å². The van der Waals surface area contributed by atoms with Crippen LogP contribution in [0.2, 0.25) is 0 Å². The van der Waals surface area contributed by atoms with Crippen molar-refractivity contribution in [3.05, 3.63) is 36.1 Å². The first-order valence-electron chi connectivity index (χ1n) is 11.1. The first-order chi connectivity index (χ1) is 14.3. The predicted octanol–water partition coefficient (Wildman–Crippen LogP) is 3.53. The molecule has 0 spiro atoms. The average molecular weight is 413 g/mol. The van der Waals surface area contributed by atoms with E-state index in [2.05, 4.69) is 57.1 Å². The number of allylic oxidation sites excluding steroid dienone is 3. The van der Waals surface area contributed by atoms with Crippen LogP contribution >= 0.6 is 0 Å². The molecule has 7 unspecified atom stereocenters. The van der Waals surface area contributed by atoms with Gasteiger partial charge in [0.25, 0.3) is 0 Å². The smallest absolute Gasteiger partial charge is 0.162 e. The Labute approximate surface area is 180 Å². The summed E-state index contributed by atoms with van der Waals surface area (Å²) in [6.45, 7) is 5.62. The van der Waals surface area contributed by atoms with Crippen molar-refractivity contribution in [1.82, 2.24) is 4.90 Å². The van der Waals surface area contributed by atoms with Crippen LogP contribution in [-0.4, -0.2) is 63.4 Å². The number of hydrogen-bond donors (Lipinski definition) is 0. The molecular weight excluding hydrogens is 376 g/mol. The highest BCUT2D eigenvalue weighted by Crippen LogP contribution is 2.53. The van der Waals surface area contributed by atoms with Crippen LogP contribution < -0.4 is 0 Å². The van der Waals surface area contributed by atoms with Crippen LogP contribution in [0.3, 0.4) is 0 Å². The number of fused-ring (bicyclic) bond motifs is 5. The van der Waals surface area contributed by atoms with E-state index in [1.165, 1.54) is 5.71 Å². The van der Waals surface area contributed by atoms with E-state index in [9.17, 15) is 4.79 Å². The first-order valence-corrected chi connectivity index (χ1v) is 11.1. The molecule has 0 aromatic rings. The van der Waals surface area contributed by atoms with Crippen LogP contribution in [0.4, 0.5) is 0 Å². The fourth-order valence-electron chi connectivity index (χ4n) is 6.76. The van der Waals surface area contributed by atoms with Gasteiger partial charge in [0.1, 0.15) is 11.9 Å². The summed E-state index contributed by atoms with van der Waals surface area (Å²) in [5.74, 6) is 1.71. The number of methoxy groups -OCH3 is 2. The largest absolute Gasteiger partial charge is 0.498 e. The Morgan fingerprint density at radius 1 is 1.17 bits per heavy atom. The second-order valence-corrected chi connectivity index (χ2v) is 10.5. The third-order valence-corrected chi connectivity index (χ3v) is 7.36. The summed E-state index contributed by atoms with van der Waals surface area (Å²) >= 11 is 0. The van der Waals surface area contributed by atoms with Crippen molar-refractivity contribution in [2.45, 2.75) is 38.8 Å². The molecule has 1 aliphatic heterocycles. The first kappa shape index (κ1) is 21.5. The van der Waals surface area contributed by atoms with Gasteiger partial charge in [-0.1, -0.05) is 38.2 Å². The van der Waals surface area contributed by atoms with Crippen molar-refractivity contribution in [3.63, 3.8) is 0 Å². The topological polar surface area (TPSA) is 51.1 Å². The molecule has 7 atom stereocenters. The lowest BCUT2D eigenvalue weighted by Gasteiger charge is -2.49. The zero-order valence-corrected chi connectivity index (χ0v) is 19.2. The van der Waals surface area contributed by atoms with E-state index >= 15 is 0 Å². The molecule has 4 aliphatic rings. The number of ketones is 1. The van der Waals surface area contributed by atoms with E-state index in [-0.39, 0.29) is 47.0 Å². The quantitative estimate of drug-likeness (QED) is 0.670. The normalized spacial score (nSPS) is 37.4. The van der Waals surface area contributed by atoms with E-state index in [0.29, 0.717) is 11.7 Å². The van der Waals surface area contributed by atoms with Crippen LogP contribution in [0.25, 0.3) is 0 Å². The molecule has 0 amide bonds. The minimum atomic E-state index is -0.203. The maximum Gasteiger partial charge on any atom is 0.162 e. The van der Waals surface area contributed by atoms with Crippen molar-refractivity contribution in [3.8, 4) is 0 Å². The number of hydrogen-bond acceptors (Lipinski definition) is 5. The Bertz CT molecular complexity index is 807. The van der Waals surface area contributed by atoms with Gasteiger partial charge in [-0.25, -0.2) is 0 Å². The lowest BCUT2D eigenvalue weighted by Crippen LogP contribution is -2.54. The zero-order chi connectivity index (χ0) is 21.6. The second-order valence-electron chi connectivity index (χ2n) is 10.5. The van der Waals surface area contributed by atoms with Crippen LogP contribution in [0, 0.1) is 35.0 Å². The van der Waals surface area contributed by atoms with Crippen molar-refractivity contribution < 1.29 is 14.3 Å². The van der Waals surface area contributed by atoms with Crippen molar-refractivity contribution >= 4 is 11.5 Å². The Morgan fingerprint density at radius 3 is 2.57 bits per heavy atom. The van der Waals surface area contributed by atoms with Gasteiger partial charge in [0, 0.05) is 49.1 Å². The third kappa shape index (κ3) is 3.71. The maximum atomic E-state index is 13.4. The monoisotopic (exact) mass is 412 g/mol. The van der Waals surface area contributed by atoms with Crippen molar-refractivity contribution in [1.29, 1.82) is 0 Å². The Morgan fingerprint density at radius 2 is 1.90 bits per heavy atom. The maximum absolute atomic E-state index is 13.4. The zero-order valence-electron chi connectivity index (χ0n) is 19.2. The van der Waals surface area contributed by atoms with Crippen LogP contribution in [0.15, 0.2) is 41.1 Å². The molecule has 0 radical (unpaired) electrons. The molecule has 1 saturated carbocycles. The molecule has 0 saturated heterocycles. The molecular formula is C25H36N2O3. The molecule has 0 N–H and O–H groups in total. The van der Waals surface area contributed by atoms with E-state index in [1.807, 2.05) is 0 Å². The van der Waals surface area contributed by atoms with Gasteiger partial charge < -0.3 is 14.4 Å². The molecule has 0 aromatic carbocycles. The van der Waals surface area contributed by atoms with Gasteiger partial charge in [-0.05, 0) is 38.3 Å². The van der Waals surface area contributed by atoms with Gasteiger partial charge in [0.05, 0.1) is 13.2 Å². The SMILES string of the molecule is COC1=CC(=O)C2C(CC(C)(C)CN(C)C)CC3=NC4C=CC=CC4C3C2C1OC. The molecule has 164 valence electrons. The number of aliphatic imine (C=N–C) groups is 1. The van der Waals surface area contributed by atoms with Crippen molar-refractivity contribution in [2.75, 3.05) is 34.9 Å². The number of carbonyl (C=O) groups is 1. The average Bonchev–Trinajstić information content (AvgIpc) is 3.04. The molecule has 0 bridgehead atoms. The van der Waals surface area contributed by atoms with Gasteiger partial charge >= 0.3 is 0 Å². The van der Waals surface area contributed by atoms with E-state index < -0.39 is 0 Å². The molecule has 4 rings (SSSR count). The summed E-state index contributed by atoms with van der Waals surface area (Å²) in [5, 5.41) is 0. The highest BCUT2D eigenvalue weighted by atomic mass is 16.5. The van der Waals surface area contributed by atoms with Crippen LogP contribution in [0.5, 0.6) is 0 Å². The summed E-state index contributed by atoms with van der Waals surface area (Å²) in [7, 11) is 7.61. The number of carbonyl (C=O) groups excluding carboxylic acids is 1. The van der Waals surface area contributed by atoms with Gasteiger partial charge in [0.15, 0.2) is 5.78 Å². The van der Waals surface area contributed by atoms with Gasteiger partial charge in [-0.15, -0.1) is 0 Å². The summed E-state index contributed by atoms with van der Waals surface area (Å²) in [4.78, 5) is 20.8. The van der Waals surface area contributed by atoms with Crippen LogP contribution in [0.1, 0.15) is 26.7 Å². The fraction of sp³-hybridized carbons (Fsp3) is 0.680. The predicted molar refractivity (Wildman–Crippen MR) is 119 cm³/mol. The third-order valence-electron chi connectivity index (χ3n) is 7.36. The summed E-state index contributed by atoms with van der Waals surface area (Å²) in [6, 6.07) is 0.189. The molecule has 5 heteroatoms. The fourth-order valence-corrected chi connectivity index (χ4v) is 6.76. The lowest BCUT2D eigenvalue weighted by molar-refractivity contribution is -0.130. The minimum Gasteiger partial charge on any atom is -0.498 e. The number of rotatable bonds is 6. The van der Waals surface area contributed by atoms with Crippen LogP contribution in [-0.2, 0) is 14.3 Å². The van der Waals surface area contributed by atoms with Crippen molar-refractivity contribution in [2.24, 2.45) is 40.0 Å². The number of nitrogens with zero attached hydrogens (tertiary/aromatic N) is 2. The molecule has 30 heavy (non-hydrogen) atoms. The highest BCUT2D eigenvalue weighted by Gasteiger charge is 2.57. The Hall–Kier alpha value is -1.72. The highest BCUT2D eigenvalue weighted by molar-refractivity contribution is 5.98. The second kappa shape index (κ2) is 8.08. The minimum absolute atomic E-state index is 0.0442. The molecule has 0 aromatic heterocycles. The standard InChI is InChI=1S/C25H36N2O3/c1-25(2,14-27(3)4)13-15-11-18-22(16-9-7-8-10-17(16)26-18)23-21(15)19(28)12-20(29-5)24(23)30-6/h7-10,12,15-17,21-24H,11,13-14H2,1-6H3. The van der Waals surface area contributed by atoms with Gasteiger partial charge in [-0.2, -0.15) is 0 Å². The van der Waals surface area contributed by atoms with E-state index in [4.69, 9.17) is 14.5 Å². The lowest BCUT2D eigenvalue weighted by atomic mass is 9.55. The Balaban J connectivity index is 1.74. The molecule has 5 nitrogen and oxygen atoms in total.